The van der Waals surface area contributed by atoms with Crippen molar-refractivity contribution >= 4 is 23.9 Å². The second kappa shape index (κ2) is 54.0. The van der Waals surface area contributed by atoms with E-state index in [1.807, 2.05) is 12.2 Å². The fraction of sp³-hybridized carbons (Fsp3) is 0.672. The Morgan fingerprint density at radius 2 is 0.810 bits per heavy atom. The van der Waals surface area contributed by atoms with Gasteiger partial charge in [0.05, 0.1) is 6.61 Å². The van der Waals surface area contributed by atoms with E-state index in [0.29, 0.717) is 25.7 Å². The Labute approximate surface area is 478 Å². The second-order valence-corrected chi connectivity index (χ2v) is 20.6. The number of carboxylic acid groups (broad SMARTS) is 1. The highest BCUT2D eigenvalue weighted by Crippen LogP contribution is 2.26. The zero-order valence-corrected chi connectivity index (χ0v) is 49.3. The lowest BCUT2D eigenvalue weighted by atomic mass is 9.98. The van der Waals surface area contributed by atoms with Crippen molar-refractivity contribution in [2.24, 2.45) is 0 Å². The maximum Gasteiger partial charge on any atom is 0.335 e. The van der Waals surface area contributed by atoms with Crippen LogP contribution in [-0.2, 0) is 42.9 Å². The molecule has 0 radical (unpaired) electrons. The third-order valence-electron chi connectivity index (χ3n) is 13.3. The molecule has 1 fully saturated rings. The first-order valence-electron chi connectivity index (χ1n) is 30.9. The standard InChI is InChI=1S/C67H108O12/c1-4-7-10-13-16-19-22-25-28-30-33-35-38-41-44-47-50-53-59(68)75-56-58(77-60(69)54-51-48-45-42-39-36-32-27-24-21-18-15-12-9-6-3)57-76-67-65(63(72)62(71)64(79-67)66(73)74)78-61(70)55-52-49-46-43-40-37-34-31-29-26-23-20-17-14-11-8-5-2/h8-9,11-12,17-18,20-21,25-29,32,34,37,43,46,58,62-65,67,71-72H,4-7,10,13-16,19,22-24,30-31,33,35-36,38-42,44-45,47-57H2,1-3H3,(H,73,74)/b11-8-,12-9-,20-17-,21-18-,28-25-,29-26-,32-27-,37-34-,46-43-. The van der Waals surface area contributed by atoms with Crippen molar-refractivity contribution in [1.29, 1.82) is 0 Å². The third-order valence-corrected chi connectivity index (χ3v) is 13.3. The van der Waals surface area contributed by atoms with Gasteiger partial charge in [0.2, 0.25) is 0 Å². The molecule has 0 aromatic heterocycles. The number of hydrogen-bond donors (Lipinski definition) is 3. The summed E-state index contributed by atoms with van der Waals surface area (Å²) < 4.78 is 28.4. The first-order valence-corrected chi connectivity index (χ1v) is 30.9. The highest BCUT2D eigenvalue weighted by molar-refractivity contribution is 5.74. The number of carbonyl (C=O) groups is 4. The lowest BCUT2D eigenvalue weighted by molar-refractivity contribution is -0.301. The summed E-state index contributed by atoms with van der Waals surface area (Å²) in [4.78, 5) is 51.2. The normalized spacial score (nSPS) is 18.6. The molecule has 0 bridgehead atoms. The lowest BCUT2D eigenvalue weighted by Crippen LogP contribution is -2.61. The number of carbonyl (C=O) groups excluding carboxylic acids is 3. The molecule has 0 saturated carbocycles. The molecule has 1 saturated heterocycles. The quantitative estimate of drug-likeness (QED) is 0.0228. The molecule has 0 spiro atoms. The van der Waals surface area contributed by atoms with Crippen LogP contribution in [0.4, 0.5) is 0 Å². The minimum Gasteiger partial charge on any atom is -0.479 e. The second-order valence-electron chi connectivity index (χ2n) is 20.6. The van der Waals surface area contributed by atoms with Crippen LogP contribution in [-0.4, -0.2) is 89.2 Å². The van der Waals surface area contributed by atoms with Crippen LogP contribution in [0, 0.1) is 0 Å². The maximum atomic E-state index is 13.2. The first-order chi connectivity index (χ1) is 38.6. The Morgan fingerprint density at radius 3 is 1.27 bits per heavy atom. The van der Waals surface area contributed by atoms with Crippen molar-refractivity contribution in [2.75, 3.05) is 13.2 Å². The molecule has 1 heterocycles. The largest absolute Gasteiger partial charge is 0.479 e. The molecule has 12 nitrogen and oxygen atoms in total. The van der Waals surface area contributed by atoms with E-state index >= 15 is 0 Å². The van der Waals surface area contributed by atoms with Crippen LogP contribution < -0.4 is 0 Å². The molecule has 448 valence electrons. The average Bonchev–Trinajstić information content (AvgIpc) is 3.43. The summed E-state index contributed by atoms with van der Waals surface area (Å²) in [5.41, 5.74) is 0. The van der Waals surface area contributed by atoms with Gasteiger partial charge in [0, 0.05) is 19.3 Å². The van der Waals surface area contributed by atoms with Crippen molar-refractivity contribution in [3.8, 4) is 0 Å². The predicted molar refractivity (Wildman–Crippen MR) is 321 cm³/mol. The van der Waals surface area contributed by atoms with E-state index in [1.165, 1.54) is 57.8 Å². The van der Waals surface area contributed by atoms with Crippen LogP contribution >= 0.6 is 0 Å². The number of ether oxygens (including phenoxy) is 5. The fourth-order valence-corrected chi connectivity index (χ4v) is 8.65. The summed E-state index contributed by atoms with van der Waals surface area (Å²) in [6, 6.07) is 0. The highest BCUT2D eigenvalue weighted by atomic mass is 16.7. The number of aliphatic hydroxyl groups is 2. The highest BCUT2D eigenvalue weighted by Gasteiger charge is 2.50. The lowest BCUT2D eigenvalue weighted by Gasteiger charge is -2.40. The van der Waals surface area contributed by atoms with Gasteiger partial charge in [-0.15, -0.1) is 0 Å². The van der Waals surface area contributed by atoms with Gasteiger partial charge < -0.3 is 39.0 Å². The van der Waals surface area contributed by atoms with E-state index in [1.54, 1.807) is 0 Å². The van der Waals surface area contributed by atoms with Gasteiger partial charge in [0.25, 0.3) is 0 Å². The zero-order valence-electron chi connectivity index (χ0n) is 49.3. The van der Waals surface area contributed by atoms with Crippen molar-refractivity contribution in [1.82, 2.24) is 0 Å². The monoisotopic (exact) mass is 1100 g/mol. The van der Waals surface area contributed by atoms with Crippen molar-refractivity contribution in [3.63, 3.8) is 0 Å². The first kappa shape index (κ1) is 72.4. The number of carboxylic acids is 1. The van der Waals surface area contributed by atoms with Gasteiger partial charge >= 0.3 is 23.9 Å². The molecule has 3 N–H and O–H groups in total. The van der Waals surface area contributed by atoms with Crippen LogP contribution in [0.25, 0.3) is 0 Å². The van der Waals surface area contributed by atoms with Crippen molar-refractivity contribution in [3.05, 3.63) is 109 Å². The molecule has 0 aliphatic carbocycles. The number of rotatable bonds is 51. The van der Waals surface area contributed by atoms with Crippen LogP contribution in [0.3, 0.4) is 0 Å². The SMILES string of the molecule is CC/C=C\C/C=C\C/C=C\C/C=C\C/C=C\CCCC(=O)OC1C(OCC(COC(=O)CCCCCCCCC/C=C\CCCCCCCC)OC(=O)CCCCCCC/C=C\C/C=C\C/C=C\CC)OC(C(=O)O)C(O)C1O. The minimum absolute atomic E-state index is 0.0252. The van der Waals surface area contributed by atoms with E-state index in [2.05, 4.69) is 118 Å². The molecule has 1 aliphatic rings. The molecule has 0 aromatic carbocycles. The molecule has 6 unspecified atom stereocenters. The summed E-state index contributed by atoms with van der Waals surface area (Å²) in [5, 5.41) is 31.5. The van der Waals surface area contributed by atoms with Crippen molar-refractivity contribution in [2.45, 2.75) is 276 Å². The molecular formula is C67H108O12. The van der Waals surface area contributed by atoms with Crippen molar-refractivity contribution < 1.29 is 58.2 Å². The molecule has 6 atom stereocenters. The smallest absolute Gasteiger partial charge is 0.335 e. The average molecular weight is 1110 g/mol. The van der Waals surface area contributed by atoms with Gasteiger partial charge in [-0.2, -0.15) is 0 Å². The van der Waals surface area contributed by atoms with E-state index in [0.717, 1.165) is 116 Å². The minimum atomic E-state index is -1.93. The van der Waals surface area contributed by atoms with E-state index in [9.17, 15) is 34.5 Å². The summed E-state index contributed by atoms with van der Waals surface area (Å²) in [7, 11) is 0. The Hall–Kier alpha value is -4.62. The number of hydrogen-bond acceptors (Lipinski definition) is 11. The Bertz CT molecular complexity index is 1790. The van der Waals surface area contributed by atoms with Gasteiger partial charge in [-0.25, -0.2) is 4.79 Å². The van der Waals surface area contributed by atoms with Gasteiger partial charge in [0.1, 0.15) is 18.8 Å². The Balaban J connectivity index is 2.73. The van der Waals surface area contributed by atoms with Gasteiger partial charge in [-0.1, -0.05) is 214 Å². The summed E-state index contributed by atoms with van der Waals surface area (Å²) in [6.45, 7) is 5.72. The topological polar surface area (TPSA) is 175 Å². The Morgan fingerprint density at radius 1 is 0.430 bits per heavy atom. The molecule has 79 heavy (non-hydrogen) atoms. The molecule has 1 rings (SSSR count). The van der Waals surface area contributed by atoms with Crippen LogP contribution in [0.2, 0.25) is 0 Å². The van der Waals surface area contributed by atoms with E-state index < -0.39 is 67.3 Å². The number of unbranched alkanes of at least 4 members (excludes halogenated alkanes) is 19. The molecule has 1 aliphatic heterocycles. The number of esters is 3. The molecular weight excluding hydrogens is 997 g/mol. The molecule has 12 heteroatoms. The van der Waals surface area contributed by atoms with Gasteiger partial charge in [-0.05, 0) is 116 Å². The molecule has 0 amide bonds. The van der Waals surface area contributed by atoms with E-state index in [-0.39, 0.29) is 25.9 Å². The third kappa shape index (κ3) is 43.8. The maximum absolute atomic E-state index is 13.2. The molecule has 0 aromatic rings. The summed E-state index contributed by atoms with van der Waals surface area (Å²) >= 11 is 0. The fourth-order valence-electron chi connectivity index (χ4n) is 8.65. The Kier molecular flexibility index (Phi) is 49.5. The number of allylic oxidation sites excluding steroid dienone is 18. The number of aliphatic hydroxyl groups excluding tert-OH is 2. The van der Waals surface area contributed by atoms with Gasteiger partial charge in [-0.3, -0.25) is 14.4 Å². The van der Waals surface area contributed by atoms with E-state index in [4.69, 9.17) is 23.7 Å². The predicted octanol–water partition coefficient (Wildman–Crippen LogP) is 16.2. The zero-order chi connectivity index (χ0) is 57.5. The van der Waals surface area contributed by atoms with Crippen LogP contribution in [0.1, 0.15) is 239 Å². The van der Waals surface area contributed by atoms with Crippen LogP contribution in [0.5, 0.6) is 0 Å². The van der Waals surface area contributed by atoms with Crippen LogP contribution in [0.15, 0.2) is 109 Å². The summed E-state index contributed by atoms with van der Waals surface area (Å²) in [5.74, 6) is -3.23. The number of aliphatic carboxylic acids is 1. The summed E-state index contributed by atoms with van der Waals surface area (Å²) in [6.07, 6.45) is 60.6. The van der Waals surface area contributed by atoms with Gasteiger partial charge in [0.15, 0.2) is 24.6 Å².